The first-order valence-corrected chi connectivity index (χ1v) is 3.68. The number of hydrogen-bond acceptors (Lipinski definition) is 4. The van der Waals surface area contributed by atoms with Crippen LogP contribution in [0.1, 0.15) is 10.4 Å². The Morgan fingerprint density at radius 3 is 2.62 bits per heavy atom. The molecule has 0 fully saturated rings. The molecule has 1 rings (SSSR count). The van der Waals surface area contributed by atoms with Gasteiger partial charge in [-0.2, -0.15) is 0 Å². The van der Waals surface area contributed by atoms with Gasteiger partial charge in [0.05, 0.1) is 4.92 Å². The summed E-state index contributed by atoms with van der Waals surface area (Å²) < 4.78 is 0. The lowest BCUT2D eigenvalue weighted by Gasteiger charge is -1.97. The largest absolute Gasteiger partial charge is 0.477 e. The Morgan fingerprint density at radius 2 is 2.15 bits per heavy atom. The van der Waals surface area contributed by atoms with Crippen molar-refractivity contribution in [3.05, 3.63) is 33.9 Å². The molecule has 13 heavy (non-hydrogen) atoms. The molecular weight excluding hydrogens is 194 g/mol. The molecule has 0 aliphatic carbocycles. The molecule has 0 unspecified atom stereocenters. The van der Waals surface area contributed by atoms with Crippen molar-refractivity contribution >= 4 is 24.3 Å². The number of thiol groups is 1. The highest BCUT2D eigenvalue weighted by Crippen LogP contribution is 2.21. The van der Waals surface area contributed by atoms with Crippen molar-refractivity contribution < 1.29 is 14.8 Å². The predicted molar refractivity (Wildman–Crippen MR) is 47.3 cm³/mol. The number of benzene rings is 1. The molecule has 1 N–H and O–H groups in total. The van der Waals surface area contributed by atoms with Crippen molar-refractivity contribution in [2.24, 2.45) is 0 Å². The molecule has 6 heteroatoms. The Balaban J connectivity index is 3.35. The average Bonchev–Trinajstić information content (AvgIpc) is 2.03. The molecule has 0 saturated heterocycles. The van der Waals surface area contributed by atoms with E-state index in [1.165, 1.54) is 6.07 Å². The molecule has 0 aliphatic heterocycles. The molecule has 1 aromatic rings. The van der Waals surface area contributed by atoms with Gasteiger partial charge in [0.1, 0.15) is 5.56 Å². The molecule has 0 radical (unpaired) electrons. The lowest BCUT2D eigenvalue weighted by Crippen LogP contribution is -2.02. The van der Waals surface area contributed by atoms with Crippen LogP contribution in [0.3, 0.4) is 0 Å². The Bertz CT molecular complexity index is 377. The van der Waals surface area contributed by atoms with E-state index in [9.17, 15) is 14.9 Å². The number of rotatable bonds is 2. The summed E-state index contributed by atoms with van der Waals surface area (Å²) in [5, 5.41) is 19.0. The minimum Gasteiger partial charge on any atom is -0.477 e. The van der Waals surface area contributed by atoms with Crippen LogP contribution in [0.25, 0.3) is 0 Å². The Morgan fingerprint density at radius 1 is 1.54 bits per heavy atom. The number of nitro groups is 1. The molecule has 0 bridgehead atoms. The smallest absolute Gasteiger partial charge is 0.342 e. The van der Waals surface area contributed by atoms with Gasteiger partial charge >= 0.3 is 5.97 Å². The van der Waals surface area contributed by atoms with Crippen molar-refractivity contribution in [2.75, 3.05) is 0 Å². The van der Waals surface area contributed by atoms with Crippen molar-refractivity contribution in [3.63, 3.8) is 0 Å². The first kappa shape index (κ1) is 9.53. The summed E-state index contributed by atoms with van der Waals surface area (Å²) in [5.74, 6) is -1.32. The zero-order valence-corrected chi connectivity index (χ0v) is 7.19. The zero-order valence-electron chi connectivity index (χ0n) is 6.30. The number of carbonyl (C=O) groups is 1. The molecule has 0 amide bonds. The van der Waals surface area contributed by atoms with E-state index in [1.807, 2.05) is 0 Å². The summed E-state index contributed by atoms with van der Waals surface area (Å²) in [5.41, 5.74) is -0.775. The van der Waals surface area contributed by atoms with Crippen LogP contribution in [0.4, 0.5) is 5.69 Å². The Labute approximate surface area is 78.6 Å². The van der Waals surface area contributed by atoms with Gasteiger partial charge in [0.15, 0.2) is 0 Å². The van der Waals surface area contributed by atoms with Crippen LogP contribution in [0.15, 0.2) is 23.1 Å². The van der Waals surface area contributed by atoms with Crippen LogP contribution >= 0.6 is 12.6 Å². The van der Waals surface area contributed by atoms with Crippen molar-refractivity contribution in [2.45, 2.75) is 4.90 Å². The lowest BCUT2D eigenvalue weighted by molar-refractivity contribution is -0.385. The fourth-order valence-corrected chi connectivity index (χ4v) is 1.05. The number of nitrogens with zero attached hydrogens (tertiary/aromatic N) is 1. The van der Waals surface area contributed by atoms with Gasteiger partial charge < -0.3 is 5.11 Å². The quantitative estimate of drug-likeness (QED) is 0.430. The van der Waals surface area contributed by atoms with Crippen LogP contribution < -0.4 is 0 Å². The van der Waals surface area contributed by atoms with E-state index in [-0.39, 0.29) is 5.56 Å². The van der Waals surface area contributed by atoms with Crippen LogP contribution in [0.5, 0.6) is 0 Å². The molecule has 0 aromatic heterocycles. The van der Waals surface area contributed by atoms with Crippen LogP contribution in [0, 0.1) is 10.1 Å². The Kier molecular flexibility index (Phi) is 2.52. The predicted octanol–water partition coefficient (Wildman–Crippen LogP) is 1.58. The summed E-state index contributed by atoms with van der Waals surface area (Å²) in [6, 6.07) is 3.65. The van der Waals surface area contributed by atoms with Gasteiger partial charge in [-0.1, -0.05) is 0 Å². The molecule has 5 nitrogen and oxygen atoms in total. The van der Waals surface area contributed by atoms with Crippen molar-refractivity contribution in [1.82, 2.24) is 0 Å². The normalized spacial score (nSPS) is 9.62. The standard InChI is InChI=1S/C7H5NO4S/c9-7(10)5-2-1-4(13)3-6(5)8(11)12/h1-3,13H,(H,9,10). The summed E-state index contributed by atoms with van der Waals surface area (Å²) in [7, 11) is 0. The minimum absolute atomic E-state index is 0.331. The van der Waals surface area contributed by atoms with Gasteiger partial charge in [-0.05, 0) is 12.1 Å². The molecule has 0 spiro atoms. The van der Waals surface area contributed by atoms with Gasteiger partial charge in [0.25, 0.3) is 5.69 Å². The van der Waals surface area contributed by atoms with E-state index < -0.39 is 16.6 Å². The first-order chi connectivity index (χ1) is 6.02. The van der Waals surface area contributed by atoms with Crippen LogP contribution in [-0.4, -0.2) is 16.0 Å². The fraction of sp³-hybridized carbons (Fsp3) is 0. The molecule has 0 atom stereocenters. The van der Waals surface area contributed by atoms with Crippen LogP contribution in [0.2, 0.25) is 0 Å². The third-order valence-corrected chi connectivity index (χ3v) is 1.69. The molecule has 0 aliphatic rings. The highest BCUT2D eigenvalue weighted by molar-refractivity contribution is 7.80. The monoisotopic (exact) mass is 199 g/mol. The maximum Gasteiger partial charge on any atom is 0.342 e. The minimum atomic E-state index is -1.32. The number of carboxylic acid groups (broad SMARTS) is 1. The fourth-order valence-electron chi connectivity index (χ4n) is 0.852. The zero-order chi connectivity index (χ0) is 10.0. The van der Waals surface area contributed by atoms with Gasteiger partial charge in [-0.3, -0.25) is 10.1 Å². The highest BCUT2D eigenvalue weighted by Gasteiger charge is 2.18. The van der Waals surface area contributed by atoms with E-state index in [4.69, 9.17) is 5.11 Å². The van der Waals surface area contributed by atoms with E-state index >= 15 is 0 Å². The van der Waals surface area contributed by atoms with E-state index in [1.54, 1.807) is 0 Å². The summed E-state index contributed by atoms with van der Waals surface area (Å²) in [4.78, 5) is 20.5. The Hall–Kier alpha value is -1.56. The van der Waals surface area contributed by atoms with Crippen molar-refractivity contribution in [1.29, 1.82) is 0 Å². The number of nitro benzene ring substituents is 1. The molecular formula is C7H5NO4S. The van der Waals surface area contributed by atoms with Crippen molar-refractivity contribution in [3.8, 4) is 0 Å². The molecule has 68 valence electrons. The van der Waals surface area contributed by atoms with Gasteiger partial charge in [0.2, 0.25) is 0 Å². The summed E-state index contributed by atoms with van der Waals surface area (Å²) in [6.07, 6.45) is 0. The topological polar surface area (TPSA) is 80.4 Å². The molecule has 1 aromatic carbocycles. The maximum atomic E-state index is 10.5. The second kappa shape index (κ2) is 3.44. The number of carboxylic acids is 1. The van der Waals surface area contributed by atoms with E-state index in [0.717, 1.165) is 12.1 Å². The highest BCUT2D eigenvalue weighted by atomic mass is 32.1. The van der Waals surface area contributed by atoms with Crippen LogP contribution in [-0.2, 0) is 0 Å². The van der Waals surface area contributed by atoms with Gasteiger partial charge in [0, 0.05) is 11.0 Å². The van der Waals surface area contributed by atoms with Gasteiger partial charge in [-0.25, -0.2) is 4.79 Å². The summed E-state index contributed by atoms with van der Waals surface area (Å²) >= 11 is 3.87. The molecule has 0 heterocycles. The van der Waals surface area contributed by atoms with Gasteiger partial charge in [-0.15, -0.1) is 12.6 Å². The third kappa shape index (κ3) is 1.97. The van der Waals surface area contributed by atoms with E-state index in [0.29, 0.717) is 4.90 Å². The number of aromatic carboxylic acids is 1. The number of hydrogen-bond donors (Lipinski definition) is 2. The second-order valence-corrected chi connectivity index (χ2v) is 2.78. The summed E-state index contributed by atoms with van der Waals surface area (Å²) in [6.45, 7) is 0. The average molecular weight is 199 g/mol. The molecule has 0 saturated carbocycles. The maximum absolute atomic E-state index is 10.5. The third-order valence-electron chi connectivity index (χ3n) is 1.41. The SMILES string of the molecule is O=C(O)c1ccc(S)cc1[N+](=O)[O-]. The first-order valence-electron chi connectivity index (χ1n) is 3.23. The second-order valence-electron chi connectivity index (χ2n) is 2.26. The van der Waals surface area contributed by atoms with E-state index in [2.05, 4.69) is 12.6 Å². The lowest BCUT2D eigenvalue weighted by atomic mass is 10.2.